The van der Waals surface area contributed by atoms with E-state index in [0.717, 1.165) is 32.1 Å². The highest BCUT2D eigenvalue weighted by molar-refractivity contribution is 7.85. The van der Waals surface area contributed by atoms with Crippen molar-refractivity contribution in [2.45, 2.75) is 31.8 Å². The fourth-order valence-electron chi connectivity index (χ4n) is 5.07. The SMILES string of the molecule is Nc1nc(CCCN2CCN(c3cc(OC4CCS(=O)CC4)c(F)cc3F)CC2)nc2nc(-c3ccco3)nn12. The summed E-state index contributed by atoms with van der Waals surface area (Å²) < 4.78 is 53.4. The van der Waals surface area contributed by atoms with Crippen LogP contribution in [-0.4, -0.2) is 84.0 Å². The number of hydrogen-bond donors (Lipinski definition) is 1. The molecule has 212 valence electrons. The Morgan fingerprint density at radius 3 is 2.62 bits per heavy atom. The Morgan fingerprint density at radius 1 is 1.07 bits per heavy atom. The van der Waals surface area contributed by atoms with E-state index < -0.39 is 22.4 Å². The Labute approximate surface area is 231 Å². The summed E-state index contributed by atoms with van der Waals surface area (Å²) in [7, 11) is -0.833. The maximum absolute atomic E-state index is 14.7. The lowest BCUT2D eigenvalue weighted by atomic mass is 10.2. The standard InChI is InChI=1S/C26H30F2N8O3S/c27-18-15-19(28)22(39-17-5-13-40(37)14-6-17)16-20(18)35-10-8-34(9-11-35)7-1-4-23-30-25(29)36-26(31-23)32-24(33-36)21-3-2-12-38-21/h2-3,12,15-17H,1,4-11,13-14H2,(H2,29,30,31,32,33). The predicted octanol–water partition coefficient (Wildman–Crippen LogP) is 2.68. The van der Waals surface area contributed by atoms with Crippen LogP contribution in [0.3, 0.4) is 0 Å². The van der Waals surface area contributed by atoms with Crippen LogP contribution >= 0.6 is 0 Å². The first-order valence-electron chi connectivity index (χ1n) is 13.3. The number of halogens is 2. The Bertz CT molecular complexity index is 1500. The summed E-state index contributed by atoms with van der Waals surface area (Å²) in [5, 5.41) is 4.31. The summed E-state index contributed by atoms with van der Waals surface area (Å²) in [6.07, 6.45) is 3.98. The van der Waals surface area contributed by atoms with Crippen molar-refractivity contribution in [2.24, 2.45) is 0 Å². The van der Waals surface area contributed by atoms with Crippen LogP contribution in [0.1, 0.15) is 25.1 Å². The number of nitrogen functional groups attached to an aromatic ring is 1. The molecule has 1 aromatic carbocycles. The summed E-state index contributed by atoms with van der Waals surface area (Å²) >= 11 is 0. The van der Waals surface area contributed by atoms with E-state index in [1.165, 1.54) is 10.6 Å². The molecular weight excluding hydrogens is 542 g/mol. The first-order chi connectivity index (χ1) is 19.4. The van der Waals surface area contributed by atoms with Gasteiger partial charge in [-0.15, -0.1) is 5.10 Å². The van der Waals surface area contributed by atoms with E-state index in [2.05, 4.69) is 25.0 Å². The Morgan fingerprint density at radius 2 is 1.88 bits per heavy atom. The van der Waals surface area contributed by atoms with Crippen LogP contribution in [0.25, 0.3) is 17.4 Å². The zero-order valence-electron chi connectivity index (χ0n) is 21.8. The summed E-state index contributed by atoms with van der Waals surface area (Å²) in [4.78, 5) is 17.5. The molecule has 2 saturated heterocycles. The van der Waals surface area contributed by atoms with Gasteiger partial charge in [-0.05, 0) is 37.9 Å². The molecule has 0 amide bonds. The molecule has 0 aliphatic carbocycles. The number of ether oxygens (including phenoxy) is 1. The molecule has 0 spiro atoms. The number of rotatable bonds is 8. The quantitative estimate of drug-likeness (QED) is 0.337. The van der Waals surface area contributed by atoms with Crippen LogP contribution in [0.2, 0.25) is 0 Å². The molecule has 0 radical (unpaired) electrons. The van der Waals surface area contributed by atoms with Crippen LogP contribution in [0.4, 0.5) is 20.4 Å². The Balaban J connectivity index is 1.02. The van der Waals surface area contributed by atoms with Crippen molar-refractivity contribution in [3.05, 3.63) is 48.0 Å². The molecule has 40 heavy (non-hydrogen) atoms. The van der Waals surface area contributed by atoms with Crippen molar-refractivity contribution >= 4 is 28.2 Å². The van der Waals surface area contributed by atoms with E-state index in [1.807, 2.05) is 4.90 Å². The third kappa shape index (κ3) is 5.77. The van der Waals surface area contributed by atoms with Gasteiger partial charge in [-0.3, -0.25) is 9.11 Å². The topological polar surface area (TPSA) is 128 Å². The average Bonchev–Trinajstić information content (AvgIpc) is 3.63. The lowest BCUT2D eigenvalue weighted by molar-refractivity contribution is 0.182. The highest BCUT2D eigenvalue weighted by Crippen LogP contribution is 2.31. The molecule has 0 unspecified atom stereocenters. The molecule has 3 aromatic heterocycles. The number of furan rings is 1. The van der Waals surface area contributed by atoms with Crippen molar-refractivity contribution in [1.29, 1.82) is 0 Å². The minimum absolute atomic E-state index is 0.0525. The molecule has 6 rings (SSSR count). The number of aromatic nitrogens is 5. The van der Waals surface area contributed by atoms with E-state index in [-0.39, 0.29) is 17.8 Å². The lowest BCUT2D eigenvalue weighted by Gasteiger charge is -2.36. The highest BCUT2D eigenvalue weighted by atomic mass is 32.2. The van der Waals surface area contributed by atoms with Gasteiger partial charge in [-0.25, -0.2) is 8.78 Å². The second-order valence-corrected chi connectivity index (χ2v) is 11.7. The van der Waals surface area contributed by atoms with Crippen molar-refractivity contribution in [2.75, 3.05) is 54.9 Å². The molecule has 2 N–H and O–H groups in total. The first-order valence-corrected chi connectivity index (χ1v) is 14.8. The number of nitrogens with two attached hydrogens (primary N) is 1. The summed E-state index contributed by atoms with van der Waals surface area (Å²) in [6, 6.07) is 5.88. The lowest BCUT2D eigenvalue weighted by Crippen LogP contribution is -2.47. The van der Waals surface area contributed by atoms with Crippen LogP contribution < -0.4 is 15.4 Å². The molecule has 5 heterocycles. The molecule has 0 bridgehead atoms. The van der Waals surface area contributed by atoms with E-state index in [9.17, 15) is 13.0 Å². The highest BCUT2D eigenvalue weighted by Gasteiger charge is 2.25. The van der Waals surface area contributed by atoms with E-state index in [4.69, 9.17) is 14.9 Å². The van der Waals surface area contributed by atoms with Gasteiger partial charge in [0, 0.05) is 67.0 Å². The predicted molar refractivity (Wildman–Crippen MR) is 146 cm³/mol. The molecule has 2 aliphatic heterocycles. The number of anilines is 2. The van der Waals surface area contributed by atoms with Gasteiger partial charge in [0.1, 0.15) is 17.7 Å². The molecule has 14 heteroatoms. The third-order valence-corrected chi connectivity index (χ3v) is 8.62. The van der Waals surface area contributed by atoms with E-state index in [0.29, 0.717) is 72.7 Å². The number of nitrogens with zero attached hydrogens (tertiary/aromatic N) is 7. The van der Waals surface area contributed by atoms with Crippen LogP contribution in [0.5, 0.6) is 5.75 Å². The largest absolute Gasteiger partial charge is 0.487 e. The van der Waals surface area contributed by atoms with Gasteiger partial charge < -0.3 is 19.8 Å². The van der Waals surface area contributed by atoms with Gasteiger partial charge in [0.25, 0.3) is 5.78 Å². The van der Waals surface area contributed by atoms with Crippen LogP contribution in [-0.2, 0) is 17.2 Å². The summed E-state index contributed by atoms with van der Waals surface area (Å²) in [5.41, 5.74) is 6.43. The van der Waals surface area contributed by atoms with Crippen molar-refractivity contribution in [3.8, 4) is 17.3 Å². The molecule has 2 fully saturated rings. The number of hydrogen-bond acceptors (Lipinski definition) is 10. The second kappa shape index (κ2) is 11.5. The minimum atomic E-state index is -0.833. The molecule has 11 nitrogen and oxygen atoms in total. The van der Waals surface area contributed by atoms with Crippen molar-refractivity contribution in [3.63, 3.8) is 0 Å². The fourth-order valence-corrected chi connectivity index (χ4v) is 6.32. The molecular formula is C26H30F2N8O3S. The first kappa shape index (κ1) is 26.6. The van der Waals surface area contributed by atoms with Gasteiger partial charge in [0.05, 0.1) is 12.0 Å². The summed E-state index contributed by atoms with van der Waals surface area (Å²) in [6.45, 7) is 3.50. The zero-order chi connectivity index (χ0) is 27.6. The van der Waals surface area contributed by atoms with Gasteiger partial charge in [0.2, 0.25) is 11.8 Å². The molecule has 4 aromatic rings. The van der Waals surface area contributed by atoms with Gasteiger partial charge >= 0.3 is 0 Å². The van der Waals surface area contributed by atoms with Gasteiger partial charge in [0.15, 0.2) is 17.3 Å². The molecule has 0 saturated carbocycles. The normalized spacial score (nSPS) is 20.3. The van der Waals surface area contributed by atoms with Crippen LogP contribution in [0.15, 0.2) is 34.9 Å². The maximum Gasteiger partial charge on any atom is 0.257 e. The van der Waals surface area contributed by atoms with Crippen molar-refractivity contribution < 1.29 is 22.1 Å². The Kier molecular flexibility index (Phi) is 7.61. The second-order valence-electron chi connectivity index (χ2n) is 9.95. The minimum Gasteiger partial charge on any atom is -0.487 e. The van der Waals surface area contributed by atoms with Gasteiger partial charge in [-0.2, -0.15) is 19.5 Å². The molecule has 0 atom stereocenters. The van der Waals surface area contributed by atoms with Crippen molar-refractivity contribution in [1.82, 2.24) is 29.5 Å². The number of piperazine rings is 1. The van der Waals surface area contributed by atoms with E-state index >= 15 is 0 Å². The number of benzene rings is 1. The average molecular weight is 573 g/mol. The Hall–Kier alpha value is -3.65. The monoisotopic (exact) mass is 572 g/mol. The number of aryl methyl sites for hydroxylation is 1. The van der Waals surface area contributed by atoms with E-state index in [1.54, 1.807) is 18.4 Å². The third-order valence-electron chi connectivity index (χ3n) is 7.24. The summed E-state index contributed by atoms with van der Waals surface area (Å²) in [5.74, 6) is 1.92. The zero-order valence-corrected chi connectivity index (χ0v) is 22.7. The number of fused-ring (bicyclic) bond motifs is 1. The maximum atomic E-state index is 14.7. The fraction of sp³-hybridized carbons (Fsp3) is 0.462. The van der Waals surface area contributed by atoms with Gasteiger partial charge in [-0.1, -0.05) is 0 Å². The molecule has 2 aliphatic rings. The smallest absolute Gasteiger partial charge is 0.257 e. The van der Waals surface area contributed by atoms with Crippen LogP contribution in [0, 0.1) is 11.6 Å².